The van der Waals surface area contributed by atoms with Gasteiger partial charge in [-0.3, -0.25) is 0 Å². The first-order valence-corrected chi connectivity index (χ1v) is 11.7. The number of allylic oxidation sites excluding steroid dienone is 4. The fourth-order valence-corrected chi connectivity index (χ4v) is 5.17. The third kappa shape index (κ3) is 8.81. The highest BCUT2D eigenvalue weighted by atomic mass is 28.3. The Morgan fingerprint density at radius 3 is 1.90 bits per heavy atom. The molecule has 0 saturated heterocycles. The van der Waals surface area contributed by atoms with E-state index < -0.39 is 31.6 Å². The van der Waals surface area contributed by atoms with Crippen LogP contribution in [0.3, 0.4) is 0 Å². The van der Waals surface area contributed by atoms with Crippen molar-refractivity contribution < 1.29 is 40.9 Å². The topological polar surface area (TPSA) is 38.4 Å². The van der Waals surface area contributed by atoms with Gasteiger partial charge in [-0.2, -0.15) is 31.4 Å². The van der Waals surface area contributed by atoms with E-state index in [1.54, 1.807) is 0 Å². The largest absolute Gasteiger partial charge is 0.373 e. The van der Waals surface area contributed by atoms with E-state index in [2.05, 4.69) is 0 Å². The van der Waals surface area contributed by atoms with Gasteiger partial charge in [0.15, 0.2) is 0 Å². The molecule has 0 N–H and O–H groups in total. The lowest BCUT2D eigenvalue weighted by molar-refractivity contribution is -0.391. The van der Waals surface area contributed by atoms with Gasteiger partial charge >= 0.3 is 26.4 Å². The normalized spacial score (nSPS) is 15.8. The second kappa shape index (κ2) is 11.5. The lowest BCUT2D eigenvalue weighted by Crippen LogP contribution is -2.49. The molecular formula is C19H29F6O3Si. The van der Waals surface area contributed by atoms with Gasteiger partial charge in [-0.15, -0.1) is 0 Å². The molecule has 0 aromatic carbocycles. The van der Waals surface area contributed by atoms with Crippen LogP contribution < -0.4 is 0 Å². The summed E-state index contributed by atoms with van der Waals surface area (Å²) >= 11 is 0. The van der Waals surface area contributed by atoms with Gasteiger partial charge in [0.2, 0.25) is 0 Å². The van der Waals surface area contributed by atoms with Crippen molar-refractivity contribution in [3.05, 3.63) is 22.9 Å². The first-order chi connectivity index (χ1) is 13.4. The fourth-order valence-electron chi connectivity index (χ4n) is 3.10. The zero-order chi connectivity index (χ0) is 22.1. The Balaban J connectivity index is 2.82. The number of ether oxygens (including phenoxy) is 2. The van der Waals surface area contributed by atoms with E-state index in [0.717, 1.165) is 18.9 Å². The van der Waals surface area contributed by atoms with Crippen LogP contribution in [0, 0.1) is 0 Å². The summed E-state index contributed by atoms with van der Waals surface area (Å²) in [4.78, 5) is 0. The van der Waals surface area contributed by atoms with Crippen molar-refractivity contribution in [2.24, 2.45) is 0 Å². The number of hydrogen-bond donors (Lipinski definition) is 0. The second-order valence-corrected chi connectivity index (χ2v) is 9.92. The van der Waals surface area contributed by atoms with E-state index in [9.17, 15) is 31.4 Å². The minimum Gasteiger partial charge on any atom is -0.326 e. The quantitative estimate of drug-likeness (QED) is 0.148. The summed E-state index contributed by atoms with van der Waals surface area (Å²) in [5.74, 6) is -12.7. The van der Waals surface area contributed by atoms with E-state index >= 15 is 0 Å². The summed E-state index contributed by atoms with van der Waals surface area (Å²) in [6.07, 6.45) is 5.20. The van der Waals surface area contributed by atoms with E-state index in [0.29, 0.717) is 12.8 Å². The van der Waals surface area contributed by atoms with Gasteiger partial charge in [-0.05, 0) is 37.3 Å². The molecule has 0 bridgehead atoms. The molecule has 0 atom stereocenters. The number of rotatable bonds is 13. The Morgan fingerprint density at radius 1 is 0.931 bits per heavy atom. The molecule has 0 aliphatic heterocycles. The summed E-state index contributed by atoms with van der Waals surface area (Å²) in [6.45, 7) is 4.24. The predicted octanol–water partition coefficient (Wildman–Crippen LogP) is 6.10. The minimum atomic E-state index is -5.29. The molecule has 0 spiro atoms. The zero-order valence-electron chi connectivity index (χ0n) is 16.8. The van der Waals surface area contributed by atoms with E-state index in [4.69, 9.17) is 9.47 Å². The molecular weight excluding hydrogens is 418 g/mol. The molecule has 0 heterocycles. The highest BCUT2D eigenvalue weighted by molar-refractivity contribution is 6.71. The molecule has 1 aliphatic carbocycles. The van der Waals surface area contributed by atoms with Crippen LogP contribution in [-0.2, 0) is 14.6 Å². The van der Waals surface area contributed by atoms with E-state index in [1.165, 1.54) is 6.08 Å². The Bertz CT molecular complexity index is 533. The lowest BCUT2D eigenvalue weighted by Gasteiger charge is -2.26. The Hall–Kier alpha value is -0.843. The van der Waals surface area contributed by atoms with Crippen LogP contribution in [0.2, 0.25) is 0 Å². The van der Waals surface area contributed by atoms with Gasteiger partial charge in [0.05, 0.1) is 13.2 Å². The highest BCUT2D eigenvalue weighted by Gasteiger charge is 2.60. The molecule has 0 saturated carbocycles. The molecule has 3 nitrogen and oxygen atoms in total. The third-order valence-electron chi connectivity index (χ3n) is 4.64. The second-order valence-electron chi connectivity index (χ2n) is 7.12. The van der Waals surface area contributed by atoms with Crippen molar-refractivity contribution in [3.63, 3.8) is 0 Å². The van der Waals surface area contributed by atoms with E-state index in [-0.39, 0.29) is 44.5 Å². The average molecular weight is 448 g/mol. The van der Waals surface area contributed by atoms with Crippen molar-refractivity contribution in [1.29, 1.82) is 0 Å². The summed E-state index contributed by atoms with van der Waals surface area (Å²) in [5, 5.41) is 12.1. The Morgan fingerprint density at radius 2 is 1.45 bits per heavy atom. The standard InChI is InChI=1S/C19H29F6O3Si/c1-3-5-13-27-17(26,28-14-6-4-2)12-8-10-15-9-7-11-16(15)29(18(20,21)22)19(23,24)25/h7,11,29H,3-6,8-10,12-14H2,1-2H3. The monoisotopic (exact) mass is 447 g/mol. The molecule has 1 radical (unpaired) electrons. The fraction of sp³-hybridized carbons (Fsp3) is 0.789. The molecule has 29 heavy (non-hydrogen) atoms. The van der Waals surface area contributed by atoms with Gasteiger partial charge in [-0.1, -0.05) is 44.4 Å². The van der Waals surface area contributed by atoms with Crippen LogP contribution in [-0.4, -0.2) is 39.6 Å². The molecule has 1 aliphatic rings. The smallest absolute Gasteiger partial charge is 0.326 e. The number of unbranched alkanes of at least 4 members (excludes halogenated alkanes) is 2. The minimum absolute atomic E-state index is 0.0176. The van der Waals surface area contributed by atoms with Gasteiger partial charge < -0.3 is 9.47 Å². The Kier molecular flexibility index (Phi) is 10.4. The summed E-state index contributed by atoms with van der Waals surface area (Å²) in [7, 11) is -5.20. The maximum atomic E-state index is 13.1. The Labute approximate surface area is 169 Å². The van der Waals surface area contributed by atoms with Crippen molar-refractivity contribution in [2.45, 2.75) is 82.8 Å². The summed E-state index contributed by atoms with van der Waals surface area (Å²) in [5.41, 5.74) is 0.112. The average Bonchev–Trinajstić information content (AvgIpc) is 3.00. The van der Waals surface area contributed by atoms with Gasteiger partial charge in [0, 0.05) is 6.42 Å². The molecule has 169 valence electrons. The first-order valence-electron chi connectivity index (χ1n) is 9.94. The molecule has 0 unspecified atom stereocenters. The number of halogens is 6. The first kappa shape index (κ1) is 26.2. The lowest BCUT2D eigenvalue weighted by atomic mass is 10.1. The molecule has 0 amide bonds. The van der Waals surface area contributed by atoms with Crippen molar-refractivity contribution >= 4 is 8.80 Å². The third-order valence-corrected chi connectivity index (χ3v) is 7.17. The molecule has 0 fully saturated rings. The molecule has 0 aromatic heterocycles. The molecule has 0 aromatic rings. The summed E-state index contributed by atoms with van der Waals surface area (Å²) in [6, 6.07) is 0. The number of alkyl halides is 6. The zero-order valence-corrected chi connectivity index (χ0v) is 18.0. The van der Waals surface area contributed by atoms with Crippen LogP contribution in [0.5, 0.6) is 0 Å². The van der Waals surface area contributed by atoms with Gasteiger partial charge in [0.25, 0.3) is 0 Å². The van der Waals surface area contributed by atoms with Crippen LogP contribution >= 0.6 is 0 Å². The van der Waals surface area contributed by atoms with Crippen LogP contribution in [0.4, 0.5) is 26.3 Å². The molecule has 1 rings (SSSR count). The van der Waals surface area contributed by atoms with Crippen molar-refractivity contribution in [3.8, 4) is 0 Å². The maximum absolute atomic E-state index is 13.1. The van der Waals surface area contributed by atoms with Crippen molar-refractivity contribution in [2.75, 3.05) is 13.2 Å². The SMILES string of the molecule is CCCCOC([O])(CCCC1=C([SiH](C(F)(F)F)C(F)(F)F)C=CC1)OCCCC. The highest BCUT2D eigenvalue weighted by Crippen LogP contribution is 2.40. The summed E-state index contributed by atoms with van der Waals surface area (Å²) < 4.78 is 89.1. The van der Waals surface area contributed by atoms with Crippen LogP contribution in [0.25, 0.3) is 0 Å². The molecule has 10 heteroatoms. The van der Waals surface area contributed by atoms with E-state index in [1.807, 2.05) is 13.8 Å². The predicted molar refractivity (Wildman–Crippen MR) is 99.0 cm³/mol. The van der Waals surface area contributed by atoms with Gasteiger partial charge in [0.1, 0.15) is 0 Å². The van der Waals surface area contributed by atoms with Crippen molar-refractivity contribution in [1.82, 2.24) is 0 Å². The van der Waals surface area contributed by atoms with Crippen LogP contribution in [0.1, 0.15) is 65.2 Å². The number of hydrogen-bond acceptors (Lipinski definition) is 2. The maximum Gasteiger partial charge on any atom is 0.373 e. The van der Waals surface area contributed by atoms with Crippen LogP contribution in [0.15, 0.2) is 22.9 Å². The van der Waals surface area contributed by atoms with Gasteiger partial charge in [-0.25, -0.2) is 0 Å².